The lowest BCUT2D eigenvalue weighted by Gasteiger charge is -2.14. The Hall–Kier alpha value is -1.93. The molecule has 0 fully saturated rings. The highest BCUT2D eigenvalue weighted by Crippen LogP contribution is 2.33. The molecule has 0 bridgehead atoms. The van der Waals surface area contributed by atoms with E-state index in [0.717, 1.165) is 12.0 Å². The molecule has 1 aliphatic rings. The summed E-state index contributed by atoms with van der Waals surface area (Å²) in [6.45, 7) is 12.4. The number of benzene rings is 1. The number of fused-ring (bicyclic) bond motifs is 1. The number of allylic oxidation sites excluding steroid dienone is 7. The number of aryl methyl sites for hydroxylation is 1. The Morgan fingerprint density at radius 2 is 2.00 bits per heavy atom. The topological polar surface area (TPSA) is 26.0 Å². The maximum absolute atomic E-state index is 5.42. The third-order valence-electron chi connectivity index (χ3n) is 3.47. The zero-order valence-corrected chi connectivity index (χ0v) is 15.4. The standard InChI is InChI=1S/C19H21NS.C2H6/c1-14(9-10-20)7-8-17-13-18-15(2)6-4-5-11-21-19(18)12-16(17)3;1-2/h4-7,9-13H,2,8,20H2,1,3H3;1-2H3/b6-4-,10-9-,11-5-,14-7-;. The van der Waals surface area contributed by atoms with Crippen molar-refractivity contribution in [3.8, 4) is 0 Å². The molecule has 1 aliphatic heterocycles. The fourth-order valence-corrected chi connectivity index (χ4v) is 3.08. The molecule has 0 saturated carbocycles. The molecule has 1 aromatic rings. The zero-order chi connectivity index (χ0) is 17.2. The first-order chi connectivity index (χ1) is 11.1. The van der Waals surface area contributed by atoms with E-state index in [1.165, 1.54) is 27.2 Å². The highest BCUT2D eigenvalue weighted by molar-refractivity contribution is 8.02. The van der Waals surface area contributed by atoms with Crippen LogP contribution in [0.15, 0.2) is 71.2 Å². The zero-order valence-electron chi connectivity index (χ0n) is 14.6. The Balaban J connectivity index is 0.00000127. The molecule has 0 saturated heterocycles. The van der Waals surface area contributed by atoms with Crippen LogP contribution in [0.25, 0.3) is 5.57 Å². The third kappa shape index (κ3) is 5.65. The van der Waals surface area contributed by atoms with E-state index in [1.54, 1.807) is 18.0 Å². The van der Waals surface area contributed by atoms with Gasteiger partial charge >= 0.3 is 0 Å². The van der Waals surface area contributed by atoms with Gasteiger partial charge in [-0.2, -0.15) is 0 Å². The van der Waals surface area contributed by atoms with Crippen LogP contribution in [0, 0.1) is 6.92 Å². The van der Waals surface area contributed by atoms with Gasteiger partial charge in [0.15, 0.2) is 0 Å². The van der Waals surface area contributed by atoms with Crippen molar-refractivity contribution in [3.63, 3.8) is 0 Å². The van der Waals surface area contributed by atoms with Crippen LogP contribution >= 0.6 is 11.8 Å². The minimum Gasteiger partial charge on any atom is -0.405 e. The number of hydrogen-bond donors (Lipinski definition) is 1. The second kappa shape index (κ2) is 9.96. The molecule has 2 heteroatoms. The van der Waals surface area contributed by atoms with E-state index in [1.807, 2.05) is 32.1 Å². The molecular formula is C21H27NS. The summed E-state index contributed by atoms with van der Waals surface area (Å²) < 4.78 is 0. The van der Waals surface area contributed by atoms with Gasteiger partial charge in [0.2, 0.25) is 0 Å². The fourth-order valence-electron chi connectivity index (χ4n) is 2.20. The molecule has 1 nitrogen and oxygen atoms in total. The molecule has 0 spiro atoms. The van der Waals surface area contributed by atoms with Gasteiger partial charge in [-0.15, -0.1) is 0 Å². The third-order valence-corrected chi connectivity index (χ3v) is 4.35. The summed E-state index contributed by atoms with van der Waals surface area (Å²) in [5, 5.41) is 2.11. The normalized spacial score (nSPS) is 16.9. The molecule has 0 aliphatic carbocycles. The van der Waals surface area contributed by atoms with E-state index in [4.69, 9.17) is 5.73 Å². The summed E-state index contributed by atoms with van der Waals surface area (Å²) in [7, 11) is 0. The maximum atomic E-state index is 5.42. The van der Waals surface area contributed by atoms with Gasteiger partial charge < -0.3 is 5.73 Å². The molecule has 2 N–H and O–H groups in total. The van der Waals surface area contributed by atoms with Crippen LogP contribution in [0.2, 0.25) is 0 Å². The lowest BCUT2D eigenvalue weighted by molar-refractivity contribution is 1.16. The van der Waals surface area contributed by atoms with Crippen LogP contribution in [0.1, 0.15) is 37.5 Å². The molecule has 122 valence electrons. The van der Waals surface area contributed by atoms with Crippen LogP contribution in [-0.4, -0.2) is 0 Å². The van der Waals surface area contributed by atoms with Crippen LogP contribution in [0.5, 0.6) is 0 Å². The summed E-state index contributed by atoms with van der Waals surface area (Å²) >= 11 is 1.75. The number of rotatable bonds is 3. The minimum absolute atomic E-state index is 0.910. The molecule has 0 unspecified atom stereocenters. The first-order valence-corrected chi connectivity index (χ1v) is 8.87. The summed E-state index contributed by atoms with van der Waals surface area (Å²) in [4.78, 5) is 1.27. The van der Waals surface area contributed by atoms with Crippen LogP contribution in [0.3, 0.4) is 0 Å². The molecule has 0 amide bonds. The number of thioether (sulfide) groups is 1. The van der Waals surface area contributed by atoms with E-state index < -0.39 is 0 Å². The second-order valence-electron chi connectivity index (χ2n) is 5.12. The monoisotopic (exact) mass is 325 g/mol. The number of nitrogens with two attached hydrogens (primary N) is 1. The van der Waals surface area contributed by atoms with Crippen molar-refractivity contribution in [1.29, 1.82) is 0 Å². The molecule has 0 aromatic heterocycles. The molecular weight excluding hydrogens is 298 g/mol. The second-order valence-corrected chi connectivity index (χ2v) is 6.06. The van der Waals surface area contributed by atoms with Gasteiger partial charge in [0, 0.05) is 4.90 Å². The Labute approximate surface area is 145 Å². The molecule has 2 rings (SSSR count). The molecule has 0 atom stereocenters. The van der Waals surface area contributed by atoms with Crippen molar-refractivity contribution in [2.75, 3.05) is 0 Å². The van der Waals surface area contributed by atoms with Crippen LogP contribution in [0.4, 0.5) is 0 Å². The summed E-state index contributed by atoms with van der Waals surface area (Å²) in [6, 6.07) is 4.52. The Morgan fingerprint density at radius 3 is 2.70 bits per heavy atom. The van der Waals surface area contributed by atoms with Crippen molar-refractivity contribution in [3.05, 3.63) is 83.0 Å². The van der Waals surface area contributed by atoms with Crippen molar-refractivity contribution in [1.82, 2.24) is 0 Å². The van der Waals surface area contributed by atoms with Crippen molar-refractivity contribution >= 4 is 17.3 Å². The Kier molecular flexibility index (Phi) is 8.28. The molecule has 1 aromatic carbocycles. The average molecular weight is 326 g/mol. The van der Waals surface area contributed by atoms with Gasteiger partial charge in [0.1, 0.15) is 0 Å². The van der Waals surface area contributed by atoms with Crippen LogP contribution in [-0.2, 0) is 6.42 Å². The van der Waals surface area contributed by atoms with Gasteiger partial charge in [0.05, 0.1) is 0 Å². The predicted octanol–water partition coefficient (Wildman–Crippen LogP) is 6.17. The quantitative estimate of drug-likeness (QED) is 0.672. The van der Waals surface area contributed by atoms with Crippen molar-refractivity contribution in [2.24, 2.45) is 5.73 Å². The van der Waals surface area contributed by atoms with E-state index in [-0.39, 0.29) is 0 Å². The lowest BCUT2D eigenvalue weighted by atomic mass is 9.97. The fraction of sp³-hybridized carbons (Fsp3) is 0.238. The smallest absolute Gasteiger partial charge is 0.0197 e. The van der Waals surface area contributed by atoms with Gasteiger partial charge in [-0.3, -0.25) is 0 Å². The summed E-state index contributed by atoms with van der Waals surface area (Å²) in [6.07, 6.45) is 12.8. The van der Waals surface area contributed by atoms with Gasteiger partial charge in [-0.25, -0.2) is 0 Å². The van der Waals surface area contributed by atoms with Gasteiger partial charge in [0.25, 0.3) is 0 Å². The highest BCUT2D eigenvalue weighted by Gasteiger charge is 2.09. The summed E-state index contributed by atoms with van der Waals surface area (Å²) in [5.74, 6) is 0. The number of hydrogen-bond acceptors (Lipinski definition) is 2. The van der Waals surface area contributed by atoms with Gasteiger partial charge in [-0.1, -0.05) is 62.1 Å². The van der Waals surface area contributed by atoms with E-state index in [9.17, 15) is 0 Å². The summed E-state index contributed by atoms with van der Waals surface area (Å²) in [5.41, 5.74) is 11.5. The minimum atomic E-state index is 0.910. The van der Waals surface area contributed by atoms with E-state index in [0.29, 0.717) is 0 Å². The van der Waals surface area contributed by atoms with Crippen molar-refractivity contribution in [2.45, 2.75) is 39.0 Å². The first kappa shape index (κ1) is 19.1. The Bertz CT molecular complexity index is 661. The average Bonchev–Trinajstić information content (AvgIpc) is 2.54. The van der Waals surface area contributed by atoms with Crippen LogP contribution < -0.4 is 5.73 Å². The molecule has 0 radical (unpaired) electrons. The molecule has 23 heavy (non-hydrogen) atoms. The van der Waals surface area contributed by atoms with E-state index >= 15 is 0 Å². The maximum Gasteiger partial charge on any atom is 0.0197 e. The first-order valence-electron chi connectivity index (χ1n) is 7.99. The Morgan fingerprint density at radius 1 is 1.26 bits per heavy atom. The SMILES string of the molecule is C=C1/C=C\C=C/Sc2cc(C)c(C/C=C(C)\C=C/N)cc21.CC. The van der Waals surface area contributed by atoms with Gasteiger partial charge in [-0.05, 0) is 72.3 Å². The lowest BCUT2D eigenvalue weighted by Crippen LogP contribution is -1.94. The van der Waals surface area contributed by atoms with Crippen molar-refractivity contribution < 1.29 is 0 Å². The largest absolute Gasteiger partial charge is 0.405 e. The highest BCUT2D eigenvalue weighted by atomic mass is 32.2. The predicted molar refractivity (Wildman–Crippen MR) is 106 cm³/mol. The molecule has 1 heterocycles. The van der Waals surface area contributed by atoms with E-state index in [2.05, 4.69) is 50.1 Å².